The van der Waals surface area contributed by atoms with Gasteiger partial charge in [0, 0.05) is 38.3 Å². The zero-order chi connectivity index (χ0) is 17.3. The summed E-state index contributed by atoms with van der Waals surface area (Å²) < 4.78 is 29.2. The normalized spacial score (nSPS) is 20.9. The Bertz CT molecular complexity index is 728. The number of likely N-dealkylation sites (tertiary alicyclic amines) is 1. The highest BCUT2D eigenvalue weighted by atomic mass is 19.3. The number of carbonyl (C=O) groups is 1. The summed E-state index contributed by atoms with van der Waals surface area (Å²) in [5.41, 5.74) is 2.86. The molecule has 0 bridgehead atoms. The molecule has 128 valence electrons. The molecule has 0 saturated carbocycles. The number of rotatable bonds is 4. The van der Waals surface area contributed by atoms with Crippen molar-refractivity contribution in [3.8, 4) is 11.1 Å². The first-order valence-corrected chi connectivity index (χ1v) is 7.73. The first kappa shape index (κ1) is 16.6. The van der Waals surface area contributed by atoms with Gasteiger partial charge in [-0.2, -0.15) is 5.10 Å². The molecule has 0 spiro atoms. The largest absolute Gasteiger partial charge is 0.481 e. The van der Waals surface area contributed by atoms with Crippen molar-refractivity contribution in [3.05, 3.63) is 42.2 Å². The molecule has 2 heterocycles. The highest BCUT2D eigenvalue weighted by molar-refractivity contribution is 5.70. The van der Waals surface area contributed by atoms with E-state index in [0.29, 0.717) is 6.54 Å². The van der Waals surface area contributed by atoms with E-state index in [1.165, 1.54) is 4.90 Å². The smallest absolute Gasteiger partial charge is 0.308 e. The van der Waals surface area contributed by atoms with Gasteiger partial charge < -0.3 is 5.11 Å². The van der Waals surface area contributed by atoms with Gasteiger partial charge in [-0.3, -0.25) is 14.4 Å². The van der Waals surface area contributed by atoms with E-state index < -0.39 is 30.8 Å². The number of carboxylic acid groups (broad SMARTS) is 1. The third-order valence-electron chi connectivity index (χ3n) is 4.23. The number of alkyl halides is 2. The molecule has 24 heavy (non-hydrogen) atoms. The first-order valence-electron chi connectivity index (χ1n) is 7.73. The molecule has 1 unspecified atom stereocenters. The number of halogens is 2. The van der Waals surface area contributed by atoms with E-state index in [4.69, 9.17) is 5.11 Å². The van der Waals surface area contributed by atoms with Crippen molar-refractivity contribution in [2.75, 3.05) is 13.1 Å². The molecular formula is C17H19F2N3O2. The van der Waals surface area contributed by atoms with E-state index >= 15 is 0 Å². The average molecular weight is 335 g/mol. The lowest BCUT2D eigenvalue weighted by molar-refractivity contribution is -0.153. The van der Waals surface area contributed by atoms with Crippen molar-refractivity contribution in [2.45, 2.75) is 18.9 Å². The predicted molar refractivity (Wildman–Crippen MR) is 84.6 cm³/mol. The van der Waals surface area contributed by atoms with Crippen LogP contribution in [0.5, 0.6) is 0 Å². The second-order valence-corrected chi connectivity index (χ2v) is 6.36. The molecule has 1 N–H and O–H groups in total. The second-order valence-electron chi connectivity index (χ2n) is 6.36. The Morgan fingerprint density at radius 1 is 1.33 bits per heavy atom. The van der Waals surface area contributed by atoms with Crippen LogP contribution in [0.2, 0.25) is 0 Å². The minimum atomic E-state index is -2.96. The Labute approximate surface area is 138 Å². The average Bonchev–Trinajstić information content (AvgIpc) is 2.93. The number of benzene rings is 1. The van der Waals surface area contributed by atoms with Gasteiger partial charge in [0.1, 0.15) is 0 Å². The molecule has 0 radical (unpaired) electrons. The Morgan fingerprint density at radius 3 is 2.62 bits per heavy atom. The number of nitrogens with zero attached hydrogens (tertiary/aromatic N) is 3. The van der Waals surface area contributed by atoms with E-state index in [-0.39, 0.29) is 6.54 Å². The molecule has 1 aromatic carbocycles. The zero-order valence-electron chi connectivity index (χ0n) is 13.3. The lowest BCUT2D eigenvalue weighted by Crippen LogP contribution is -2.48. The lowest BCUT2D eigenvalue weighted by Gasteiger charge is -2.35. The van der Waals surface area contributed by atoms with Gasteiger partial charge in [0.15, 0.2) is 0 Å². The Balaban J connectivity index is 1.70. The van der Waals surface area contributed by atoms with Crippen molar-refractivity contribution < 1.29 is 18.7 Å². The molecule has 7 heteroatoms. The summed E-state index contributed by atoms with van der Waals surface area (Å²) in [7, 11) is 1.84. The molecule has 0 amide bonds. The van der Waals surface area contributed by atoms with Crippen molar-refractivity contribution >= 4 is 5.97 Å². The Hall–Kier alpha value is -2.28. The maximum absolute atomic E-state index is 13.7. The van der Waals surface area contributed by atoms with E-state index in [1.807, 2.05) is 37.5 Å². The fraction of sp³-hybridized carbons (Fsp3) is 0.412. The molecule has 1 aliphatic heterocycles. The molecule has 1 fully saturated rings. The molecule has 3 rings (SSSR count). The standard InChI is InChI=1S/C17H19F2N3O2/c1-21-9-15(7-20-21)13-4-2-12(3-5-13)8-22-10-14(16(23)24)6-17(18,19)11-22/h2-5,7,9,14H,6,8,10-11H2,1H3,(H,23,24). The minimum absolute atomic E-state index is 0.148. The number of aryl methyl sites for hydroxylation is 1. The van der Waals surface area contributed by atoms with Gasteiger partial charge in [-0.15, -0.1) is 0 Å². The van der Waals surface area contributed by atoms with Crippen LogP contribution < -0.4 is 0 Å². The van der Waals surface area contributed by atoms with Gasteiger partial charge in [-0.05, 0) is 11.1 Å². The minimum Gasteiger partial charge on any atom is -0.481 e. The van der Waals surface area contributed by atoms with Gasteiger partial charge >= 0.3 is 5.97 Å². The summed E-state index contributed by atoms with van der Waals surface area (Å²) in [6.45, 7) is 0.0586. The molecule has 2 aromatic rings. The highest BCUT2D eigenvalue weighted by Gasteiger charge is 2.42. The molecular weight excluding hydrogens is 316 g/mol. The summed E-state index contributed by atoms with van der Waals surface area (Å²) in [5, 5.41) is 13.2. The van der Waals surface area contributed by atoms with Crippen molar-refractivity contribution in [2.24, 2.45) is 13.0 Å². The quantitative estimate of drug-likeness (QED) is 0.933. The summed E-state index contributed by atoms with van der Waals surface area (Å²) in [6, 6.07) is 7.60. The van der Waals surface area contributed by atoms with E-state index in [0.717, 1.165) is 16.7 Å². The third-order valence-corrected chi connectivity index (χ3v) is 4.23. The number of hydrogen-bond acceptors (Lipinski definition) is 3. The van der Waals surface area contributed by atoms with Gasteiger partial charge in [-0.1, -0.05) is 24.3 Å². The first-order chi connectivity index (χ1) is 11.3. The number of aliphatic carboxylic acids is 1. The molecule has 0 aliphatic carbocycles. The van der Waals surface area contributed by atoms with E-state index in [9.17, 15) is 13.6 Å². The monoisotopic (exact) mass is 335 g/mol. The van der Waals surface area contributed by atoms with Crippen LogP contribution >= 0.6 is 0 Å². The van der Waals surface area contributed by atoms with Crippen molar-refractivity contribution in [1.29, 1.82) is 0 Å². The Kier molecular flexibility index (Phi) is 4.36. The van der Waals surface area contributed by atoms with Crippen LogP contribution in [0.3, 0.4) is 0 Å². The topological polar surface area (TPSA) is 58.4 Å². The van der Waals surface area contributed by atoms with E-state index in [1.54, 1.807) is 10.9 Å². The van der Waals surface area contributed by atoms with Crippen LogP contribution in [0.15, 0.2) is 36.7 Å². The van der Waals surface area contributed by atoms with Crippen LogP contribution in [0.1, 0.15) is 12.0 Å². The SMILES string of the molecule is Cn1cc(-c2ccc(CN3CC(C(=O)O)CC(F)(F)C3)cc2)cn1. The summed E-state index contributed by atoms with van der Waals surface area (Å²) in [6.07, 6.45) is 3.08. The van der Waals surface area contributed by atoms with Crippen molar-refractivity contribution in [1.82, 2.24) is 14.7 Å². The molecule has 1 atom stereocenters. The summed E-state index contributed by atoms with van der Waals surface area (Å²) >= 11 is 0. The van der Waals surface area contributed by atoms with Crippen LogP contribution in [0, 0.1) is 5.92 Å². The maximum Gasteiger partial charge on any atom is 0.308 e. The lowest BCUT2D eigenvalue weighted by atomic mass is 9.95. The molecule has 1 aliphatic rings. The third kappa shape index (κ3) is 3.79. The van der Waals surface area contributed by atoms with Gasteiger partial charge in [-0.25, -0.2) is 8.78 Å². The highest BCUT2D eigenvalue weighted by Crippen LogP contribution is 2.31. The summed E-state index contributed by atoms with van der Waals surface area (Å²) in [5.74, 6) is -5.15. The molecule has 5 nitrogen and oxygen atoms in total. The number of hydrogen-bond donors (Lipinski definition) is 1. The maximum atomic E-state index is 13.7. The van der Waals surface area contributed by atoms with Crippen LogP contribution in [-0.4, -0.2) is 44.8 Å². The van der Waals surface area contributed by atoms with Crippen molar-refractivity contribution in [3.63, 3.8) is 0 Å². The predicted octanol–water partition coefficient (Wildman–Crippen LogP) is 2.63. The Morgan fingerprint density at radius 2 is 2.04 bits per heavy atom. The number of aromatic nitrogens is 2. The molecule has 1 aromatic heterocycles. The second kappa shape index (κ2) is 6.32. The van der Waals surface area contributed by atoms with Gasteiger partial charge in [0.05, 0.1) is 18.7 Å². The number of piperidine rings is 1. The van der Waals surface area contributed by atoms with Crippen LogP contribution in [0.4, 0.5) is 8.78 Å². The number of carboxylic acids is 1. The fourth-order valence-corrected chi connectivity index (χ4v) is 3.11. The van der Waals surface area contributed by atoms with Gasteiger partial charge in [0.25, 0.3) is 5.92 Å². The van der Waals surface area contributed by atoms with Gasteiger partial charge in [0.2, 0.25) is 0 Å². The molecule has 1 saturated heterocycles. The zero-order valence-corrected chi connectivity index (χ0v) is 13.3. The van der Waals surface area contributed by atoms with E-state index in [2.05, 4.69) is 5.10 Å². The van der Waals surface area contributed by atoms with Crippen LogP contribution in [-0.2, 0) is 18.4 Å². The fourth-order valence-electron chi connectivity index (χ4n) is 3.11. The van der Waals surface area contributed by atoms with Crippen LogP contribution in [0.25, 0.3) is 11.1 Å². The summed E-state index contributed by atoms with van der Waals surface area (Å²) in [4.78, 5) is 12.6.